The third-order valence-corrected chi connectivity index (χ3v) is 4.93. The van der Waals surface area contributed by atoms with E-state index in [2.05, 4.69) is 4.98 Å². The van der Waals surface area contributed by atoms with Gasteiger partial charge in [-0.05, 0) is 24.3 Å². The van der Waals surface area contributed by atoms with Crippen LogP contribution in [0, 0.1) is 11.3 Å². The van der Waals surface area contributed by atoms with Crippen LogP contribution >= 0.6 is 0 Å². The van der Waals surface area contributed by atoms with E-state index in [4.69, 9.17) is 10.00 Å². The monoisotopic (exact) mass is 376 g/mol. The Hall–Kier alpha value is -3.86. The van der Waals surface area contributed by atoms with Gasteiger partial charge in [0.25, 0.3) is 11.1 Å². The molecule has 8 nitrogen and oxygen atoms in total. The summed E-state index contributed by atoms with van der Waals surface area (Å²) < 4.78 is 6.82. The summed E-state index contributed by atoms with van der Waals surface area (Å²) in [6.07, 6.45) is 1.73. The van der Waals surface area contributed by atoms with Crippen LogP contribution in [0.3, 0.4) is 0 Å². The van der Waals surface area contributed by atoms with E-state index >= 15 is 0 Å². The molecule has 1 aliphatic rings. The molecule has 1 aliphatic heterocycles. The number of aromatic amines is 1. The first-order valence-corrected chi connectivity index (χ1v) is 8.65. The lowest BCUT2D eigenvalue weighted by molar-refractivity contribution is -0.117. The molecule has 0 aliphatic carbocycles. The zero-order valence-electron chi connectivity index (χ0n) is 15.0. The van der Waals surface area contributed by atoms with Crippen LogP contribution in [0.15, 0.2) is 52.2 Å². The van der Waals surface area contributed by atoms with Gasteiger partial charge in [0.15, 0.2) is 0 Å². The molecule has 2 aromatic heterocycles. The Balaban J connectivity index is 1.75. The van der Waals surface area contributed by atoms with Gasteiger partial charge in [0.1, 0.15) is 17.4 Å². The summed E-state index contributed by atoms with van der Waals surface area (Å²) in [6, 6.07) is 11.5. The molecule has 0 saturated carbocycles. The van der Waals surface area contributed by atoms with Crippen LogP contribution in [0.2, 0.25) is 0 Å². The number of hydrogen-bond acceptors (Lipinski definition) is 5. The summed E-state index contributed by atoms with van der Waals surface area (Å²) in [7, 11) is 1.54. The lowest BCUT2D eigenvalue weighted by Gasteiger charge is -2.20. The first kappa shape index (κ1) is 17.5. The maximum Gasteiger partial charge on any atom is 0.266 e. The highest BCUT2D eigenvalue weighted by Crippen LogP contribution is 2.34. The number of rotatable bonds is 3. The number of amides is 1. The molecule has 3 heterocycles. The Labute approximate surface area is 159 Å². The van der Waals surface area contributed by atoms with Gasteiger partial charge in [-0.25, -0.2) is 0 Å². The van der Waals surface area contributed by atoms with Crippen LogP contribution in [0.25, 0.3) is 10.9 Å². The molecule has 4 rings (SSSR count). The van der Waals surface area contributed by atoms with Crippen molar-refractivity contribution in [2.45, 2.75) is 12.5 Å². The molecule has 0 radical (unpaired) electrons. The third kappa shape index (κ3) is 2.74. The molecule has 1 atom stereocenters. The maximum atomic E-state index is 12.9. The molecular weight excluding hydrogens is 360 g/mol. The fraction of sp³-hybridized carbons (Fsp3) is 0.200. The summed E-state index contributed by atoms with van der Waals surface area (Å²) in [4.78, 5) is 41.5. The van der Waals surface area contributed by atoms with Gasteiger partial charge in [-0.2, -0.15) is 5.26 Å². The summed E-state index contributed by atoms with van der Waals surface area (Å²) >= 11 is 0. The summed E-state index contributed by atoms with van der Waals surface area (Å²) in [5, 5.41) is 9.29. The van der Waals surface area contributed by atoms with E-state index in [1.807, 2.05) is 12.1 Å². The van der Waals surface area contributed by atoms with Gasteiger partial charge in [0.2, 0.25) is 5.91 Å². The molecule has 1 N–H and O–H groups in total. The summed E-state index contributed by atoms with van der Waals surface area (Å²) in [5.74, 6) is 0.472. The number of anilines is 1. The van der Waals surface area contributed by atoms with Gasteiger partial charge in [-0.1, -0.05) is 12.1 Å². The molecule has 0 bridgehead atoms. The fourth-order valence-corrected chi connectivity index (χ4v) is 3.55. The lowest BCUT2D eigenvalue weighted by atomic mass is 10.2. The summed E-state index contributed by atoms with van der Waals surface area (Å²) in [5.41, 5.74) is -0.00504. The van der Waals surface area contributed by atoms with Crippen LogP contribution in [0.1, 0.15) is 18.0 Å². The molecule has 140 valence electrons. The number of aromatic nitrogens is 2. The molecular formula is C20H16N4O4. The van der Waals surface area contributed by atoms with Crippen molar-refractivity contribution in [1.29, 1.82) is 5.26 Å². The predicted molar refractivity (Wildman–Crippen MR) is 103 cm³/mol. The number of para-hydroxylation sites is 2. The van der Waals surface area contributed by atoms with E-state index < -0.39 is 5.56 Å². The number of hydrogen-bond donors (Lipinski definition) is 1. The highest BCUT2D eigenvalue weighted by molar-refractivity contribution is 5.97. The Morgan fingerprint density at radius 3 is 2.75 bits per heavy atom. The number of fused-ring (bicyclic) bond motifs is 1. The van der Waals surface area contributed by atoms with Crippen molar-refractivity contribution in [2.24, 2.45) is 0 Å². The smallest absolute Gasteiger partial charge is 0.266 e. The average Bonchev–Trinajstić information content (AvgIpc) is 3.09. The highest BCUT2D eigenvalue weighted by Gasteiger charge is 2.33. The molecule has 1 amide bonds. The number of carbonyl (C=O) groups excluding carboxylic acids is 1. The second-order valence-electron chi connectivity index (χ2n) is 6.51. The number of benzene rings is 1. The first-order valence-electron chi connectivity index (χ1n) is 8.65. The van der Waals surface area contributed by atoms with Crippen molar-refractivity contribution in [2.75, 3.05) is 18.6 Å². The molecule has 0 spiro atoms. The van der Waals surface area contributed by atoms with Crippen molar-refractivity contribution < 1.29 is 9.53 Å². The van der Waals surface area contributed by atoms with E-state index in [-0.39, 0.29) is 34.9 Å². The zero-order valence-corrected chi connectivity index (χ0v) is 15.0. The van der Waals surface area contributed by atoms with Gasteiger partial charge in [-0.15, -0.1) is 0 Å². The number of ether oxygens (including phenoxy) is 1. The molecule has 28 heavy (non-hydrogen) atoms. The molecule has 1 fully saturated rings. The quantitative estimate of drug-likeness (QED) is 0.746. The second-order valence-corrected chi connectivity index (χ2v) is 6.51. The Morgan fingerprint density at radius 2 is 2.00 bits per heavy atom. The normalized spacial score (nSPS) is 16.4. The Kier molecular flexibility index (Phi) is 4.20. The van der Waals surface area contributed by atoms with Crippen LogP contribution in [-0.4, -0.2) is 29.1 Å². The van der Waals surface area contributed by atoms with Crippen LogP contribution in [-0.2, 0) is 4.79 Å². The second kappa shape index (κ2) is 6.70. The van der Waals surface area contributed by atoms with Crippen LogP contribution < -0.4 is 20.8 Å². The van der Waals surface area contributed by atoms with Gasteiger partial charge in [0.05, 0.1) is 29.7 Å². The SMILES string of the molecule is COc1ccccc1N1C[C@@H](n2ccc3[nH]c(=O)c(C#N)cc3c2=O)CC1=O. The number of nitrogens with zero attached hydrogens (tertiary/aromatic N) is 3. The average molecular weight is 376 g/mol. The van der Waals surface area contributed by atoms with E-state index in [1.54, 1.807) is 35.4 Å². The predicted octanol–water partition coefficient (Wildman–Crippen LogP) is 1.55. The van der Waals surface area contributed by atoms with Crippen LogP contribution in [0.4, 0.5) is 5.69 Å². The topological polar surface area (TPSA) is 108 Å². The van der Waals surface area contributed by atoms with Gasteiger partial charge in [0, 0.05) is 19.2 Å². The fourth-order valence-electron chi connectivity index (χ4n) is 3.55. The minimum atomic E-state index is -0.537. The molecule has 1 saturated heterocycles. The lowest BCUT2D eigenvalue weighted by Crippen LogP contribution is -2.29. The summed E-state index contributed by atoms with van der Waals surface area (Å²) in [6.45, 7) is 0.319. The maximum absolute atomic E-state index is 12.9. The standard InChI is InChI=1S/C20H16N4O4/c1-28-17-5-3-2-4-16(17)24-11-13(9-18(24)25)23-7-6-15-14(20(23)27)8-12(10-21)19(26)22-15/h2-8,13H,9,11H2,1H3,(H,22,26)/t13-/m0/s1. The largest absolute Gasteiger partial charge is 0.495 e. The molecule has 0 unspecified atom stereocenters. The number of pyridine rings is 2. The van der Waals surface area contributed by atoms with E-state index in [0.29, 0.717) is 23.5 Å². The van der Waals surface area contributed by atoms with Crippen molar-refractivity contribution in [3.63, 3.8) is 0 Å². The van der Waals surface area contributed by atoms with Crippen LogP contribution in [0.5, 0.6) is 5.75 Å². The Morgan fingerprint density at radius 1 is 1.21 bits per heavy atom. The van der Waals surface area contributed by atoms with E-state index in [9.17, 15) is 14.4 Å². The van der Waals surface area contributed by atoms with Gasteiger partial charge >= 0.3 is 0 Å². The zero-order chi connectivity index (χ0) is 19.8. The number of carbonyl (C=O) groups is 1. The number of methoxy groups -OCH3 is 1. The molecule has 3 aromatic rings. The molecule has 1 aromatic carbocycles. The van der Waals surface area contributed by atoms with Crippen molar-refractivity contribution in [1.82, 2.24) is 9.55 Å². The minimum Gasteiger partial charge on any atom is -0.495 e. The molecule has 8 heteroatoms. The highest BCUT2D eigenvalue weighted by atomic mass is 16.5. The van der Waals surface area contributed by atoms with Crippen molar-refractivity contribution in [3.05, 3.63) is 68.9 Å². The van der Waals surface area contributed by atoms with E-state index in [0.717, 1.165) is 0 Å². The van der Waals surface area contributed by atoms with Crippen molar-refractivity contribution >= 4 is 22.5 Å². The minimum absolute atomic E-state index is 0.110. The third-order valence-electron chi connectivity index (χ3n) is 4.93. The number of nitriles is 1. The van der Waals surface area contributed by atoms with Crippen molar-refractivity contribution in [3.8, 4) is 11.8 Å². The van der Waals surface area contributed by atoms with E-state index in [1.165, 1.54) is 17.7 Å². The van der Waals surface area contributed by atoms with Gasteiger partial charge < -0.3 is 19.2 Å². The Bertz CT molecular complexity index is 1250. The van der Waals surface area contributed by atoms with Gasteiger partial charge in [-0.3, -0.25) is 14.4 Å². The first-order chi connectivity index (χ1) is 13.5. The number of nitrogens with one attached hydrogen (secondary N) is 1. The number of H-pyrrole nitrogens is 1.